The first-order valence-electron chi connectivity index (χ1n) is 5.42. The topological polar surface area (TPSA) is 55.7 Å². The minimum atomic E-state index is 0.283. The Morgan fingerprint density at radius 1 is 1.39 bits per heavy atom. The third kappa shape index (κ3) is 2.28. The average molecular weight is 261 g/mol. The van der Waals surface area contributed by atoms with Crippen molar-refractivity contribution in [3.05, 3.63) is 29.3 Å². The monoisotopic (exact) mass is 261 g/mol. The van der Waals surface area contributed by atoms with Crippen molar-refractivity contribution in [2.45, 2.75) is 6.92 Å². The van der Waals surface area contributed by atoms with Crippen molar-refractivity contribution in [1.82, 2.24) is 4.98 Å². The number of aromatic nitrogens is 1. The van der Waals surface area contributed by atoms with Gasteiger partial charge in [0, 0.05) is 17.1 Å². The van der Waals surface area contributed by atoms with Crippen LogP contribution in [0.1, 0.15) is 5.69 Å². The average Bonchev–Trinajstić information content (AvgIpc) is 2.97. The zero-order chi connectivity index (χ0) is 12.4. The highest BCUT2D eigenvalue weighted by Gasteiger charge is 2.12. The van der Waals surface area contributed by atoms with Gasteiger partial charge >= 0.3 is 0 Å². The van der Waals surface area contributed by atoms with E-state index in [9.17, 15) is 0 Å². The fraction of sp³-hybridized carbons (Fsp3) is 0.167. The molecule has 0 fully saturated rings. The zero-order valence-corrected chi connectivity index (χ0v) is 10.5. The van der Waals surface area contributed by atoms with E-state index in [1.165, 1.54) is 11.3 Å². The number of ether oxygens (including phenoxy) is 2. The van der Waals surface area contributed by atoms with E-state index in [0.29, 0.717) is 0 Å². The van der Waals surface area contributed by atoms with E-state index in [-0.39, 0.29) is 6.79 Å². The SMILES string of the molecule is Cc1csc(/N=C/Nc2ccc3c(c2)OCO3)n1. The first-order chi connectivity index (χ1) is 8.81. The lowest BCUT2D eigenvalue weighted by Gasteiger charge is -2.01. The van der Waals surface area contributed by atoms with Gasteiger partial charge in [-0.25, -0.2) is 9.98 Å². The normalized spacial score (nSPS) is 13.2. The number of fused-ring (bicyclic) bond motifs is 1. The van der Waals surface area contributed by atoms with Gasteiger partial charge in [-0.3, -0.25) is 0 Å². The summed E-state index contributed by atoms with van der Waals surface area (Å²) >= 11 is 1.51. The number of aliphatic imine (C=N–C) groups is 1. The van der Waals surface area contributed by atoms with Gasteiger partial charge in [0.05, 0.1) is 12.0 Å². The highest BCUT2D eigenvalue weighted by molar-refractivity contribution is 7.13. The number of thiazole rings is 1. The molecule has 2 heterocycles. The number of rotatable bonds is 3. The number of hydrogen-bond acceptors (Lipinski definition) is 5. The number of nitrogens with zero attached hydrogens (tertiary/aromatic N) is 2. The van der Waals surface area contributed by atoms with E-state index < -0.39 is 0 Å². The molecule has 1 aromatic heterocycles. The summed E-state index contributed by atoms with van der Waals surface area (Å²) in [5.41, 5.74) is 1.88. The zero-order valence-electron chi connectivity index (χ0n) is 9.71. The molecule has 0 aliphatic carbocycles. The molecule has 5 nitrogen and oxygen atoms in total. The second kappa shape index (κ2) is 4.66. The van der Waals surface area contributed by atoms with Crippen LogP contribution in [-0.2, 0) is 0 Å². The van der Waals surface area contributed by atoms with Gasteiger partial charge < -0.3 is 14.8 Å². The van der Waals surface area contributed by atoms with Crippen LogP contribution in [0.4, 0.5) is 10.8 Å². The van der Waals surface area contributed by atoms with Crippen LogP contribution in [0.2, 0.25) is 0 Å². The molecule has 3 rings (SSSR count). The number of nitrogens with one attached hydrogen (secondary N) is 1. The molecule has 6 heteroatoms. The summed E-state index contributed by atoms with van der Waals surface area (Å²) in [5, 5.41) is 5.77. The first-order valence-corrected chi connectivity index (χ1v) is 6.30. The lowest BCUT2D eigenvalue weighted by Crippen LogP contribution is -1.94. The number of hydrogen-bond donors (Lipinski definition) is 1. The summed E-state index contributed by atoms with van der Waals surface area (Å²) in [6.07, 6.45) is 1.62. The molecule has 0 spiro atoms. The second-order valence-electron chi connectivity index (χ2n) is 3.74. The van der Waals surface area contributed by atoms with E-state index >= 15 is 0 Å². The van der Waals surface area contributed by atoms with Crippen LogP contribution in [0.25, 0.3) is 0 Å². The molecule has 0 radical (unpaired) electrons. The summed E-state index contributed by atoms with van der Waals surface area (Å²) < 4.78 is 10.5. The van der Waals surface area contributed by atoms with Crippen molar-refractivity contribution >= 4 is 28.5 Å². The molecule has 1 aliphatic heterocycles. The first kappa shape index (κ1) is 11.0. The third-order valence-corrected chi connectivity index (χ3v) is 3.25. The molecule has 0 bridgehead atoms. The molecular formula is C12H11N3O2S. The second-order valence-corrected chi connectivity index (χ2v) is 4.58. The van der Waals surface area contributed by atoms with Crippen molar-refractivity contribution in [2.24, 2.45) is 4.99 Å². The van der Waals surface area contributed by atoms with Gasteiger partial charge in [-0.15, -0.1) is 11.3 Å². The van der Waals surface area contributed by atoms with Crippen LogP contribution >= 0.6 is 11.3 Å². The maximum Gasteiger partial charge on any atom is 0.231 e. The van der Waals surface area contributed by atoms with Crippen molar-refractivity contribution in [3.8, 4) is 11.5 Å². The Morgan fingerprint density at radius 2 is 2.28 bits per heavy atom. The largest absolute Gasteiger partial charge is 0.454 e. The van der Waals surface area contributed by atoms with Gasteiger partial charge in [0.1, 0.15) is 0 Å². The molecule has 1 N–H and O–H groups in total. The minimum absolute atomic E-state index is 0.283. The summed E-state index contributed by atoms with van der Waals surface area (Å²) in [5.74, 6) is 1.52. The van der Waals surface area contributed by atoms with Gasteiger partial charge in [-0.1, -0.05) is 0 Å². The maximum absolute atomic E-state index is 5.29. The molecular weight excluding hydrogens is 250 g/mol. The standard InChI is InChI=1S/C12H11N3O2S/c1-8-5-18-12(15-8)14-6-13-9-2-3-10-11(4-9)17-7-16-10/h2-6H,7H2,1H3,(H,13,14,15). The molecule has 0 saturated heterocycles. The van der Waals surface area contributed by atoms with Gasteiger partial charge in [0.15, 0.2) is 11.5 Å². The summed E-state index contributed by atoms with van der Waals surface area (Å²) in [7, 11) is 0. The maximum atomic E-state index is 5.29. The van der Waals surface area contributed by atoms with Crippen LogP contribution < -0.4 is 14.8 Å². The summed E-state index contributed by atoms with van der Waals surface area (Å²) in [6, 6.07) is 5.65. The van der Waals surface area contributed by atoms with Crippen molar-refractivity contribution < 1.29 is 9.47 Å². The minimum Gasteiger partial charge on any atom is -0.454 e. The molecule has 18 heavy (non-hydrogen) atoms. The predicted octanol–water partition coefficient (Wildman–Crippen LogP) is 2.95. The third-order valence-electron chi connectivity index (χ3n) is 2.39. The van der Waals surface area contributed by atoms with Crippen LogP contribution in [0.15, 0.2) is 28.6 Å². The van der Waals surface area contributed by atoms with Gasteiger partial charge in [-0.05, 0) is 19.1 Å². The highest BCUT2D eigenvalue weighted by atomic mass is 32.1. The van der Waals surface area contributed by atoms with E-state index in [0.717, 1.165) is 28.0 Å². The van der Waals surface area contributed by atoms with Crippen LogP contribution in [0.3, 0.4) is 0 Å². The molecule has 0 atom stereocenters. The Balaban J connectivity index is 1.68. The number of aryl methyl sites for hydroxylation is 1. The lowest BCUT2D eigenvalue weighted by molar-refractivity contribution is 0.174. The molecule has 0 unspecified atom stereocenters. The Hall–Kier alpha value is -2.08. The Labute approximate surface area is 108 Å². The number of anilines is 1. The van der Waals surface area contributed by atoms with Gasteiger partial charge in [0.25, 0.3) is 0 Å². The molecule has 2 aromatic rings. The van der Waals surface area contributed by atoms with Crippen LogP contribution in [-0.4, -0.2) is 18.1 Å². The predicted molar refractivity (Wildman–Crippen MR) is 71.2 cm³/mol. The summed E-state index contributed by atoms with van der Waals surface area (Å²) in [6.45, 7) is 2.23. The molecule has 0 amide bonds. The van der Waals surface area contributed by atoms with Crippen LogP contribution in [0.5, 0.6) is 11.5 Å². The van der Waals surface area contributed by atoms with Crippen molar-refractivity contribution in [2.75, 3.05) is 12.1 Å². The quantitative estimate of drug-likeness (QED) is 0.681. The lowest BCUT2D eigenvalue weighted by atomic mass is 10.3. The number of benzene rings is 1. The van der Waals surface area contributed by atoms with Gasteiger partial charge in [-0.2, -0.15) is 0 Å². The fourth-order valence-electron chi connectivity index (χ4n) is 1.55. The molecule has 1 aliphatic rings. The van der Waals surface area contributed by atoms with Crippen molar-refractivity contribution in [1.29, 1.82) is 0 Å². The van der Waals surface area contributed by atoms with E-state index in [1.807, 2.05) is 30.5 Å². The molecule has 92 valence electrons. The molecule has 1 aromatic carbocycles. The van der Waals surface area contributed by atoms with E-state index in [1.54, 1.807) is 6.34 Å². The summed E-state index contributed by atoms with van der Waals surface area (Å²) in [4.78, 5) is 8.45. The molecule has 0 saturated carbocycles. The Bertz CT molecular complexity index is 595. The van der Waals surface area contributed by atoms with E-state index in [2.05, 4.69) is 15.3 Å². The highest BCUT2D eigenvalue weighted by Crippen LogP contribution is 2.34. The van der Waals surface area contributed by atoms with Gasteiger partial charge in [0.2, 0.25) is 11.9 Å². The van der Waals surface area contributed by atoms with E-state index in [4.69, 9.17) is 9.47 Å². The fourth-order valence-corrected chi connectivity index (χ4v) is 2.19. The van der Waals surface area contributed by atoms with Crippen molar-refractivity contribution in [3.63, 3.8) is 0 Å². The Kier molecular flexibility index (Phi) is 2.85. The van der Waals surface area contributed by atoms with Crippen LogP contribution in [0, 0.1) is 6.92 Å². The smallest absolute Gasteiger partial charge is 0.231 e. The Morgan fingerprint density at radius 3 is 3.11 bits per heavy atom.